The summed E-state index contributed by atoms with van der Waals surface area (Å²) in [4.78, 5) is 5.43. The fourth-order valence-corrected chi connectivity index (χ4v) is 2.67. The Bertz CT molecular complexity index is 753. The minimum Gasteiger partial charge on any atom is -0.431 e. The number of nitrogens with zero attached hydrogens (tertiary/aromatic N) is 2. The van der Waals surface area contributed by atoms with Crippen molar-refractivity contribution in [2.24, 2.45) is 0 Å². The highest BCUT2D eigenvalue weighted by atomic mass is 32.2. The fourth-order valence-electron chi connectivity index (χ4n) is 1.82. The summed E-state index contributed by atoms with van der Waals surface area (Å²) in [7, 11) is 0. The molecule has 0 atom stereocenters. The Balaban J connectivity index is 1.92. The molecule has 1 aromatic heterocycles. The molecule has 3 rings (SSSR count). The van der Waals surface area contributed by atoms with Crippen LogP contribution in [0.15, 0.2) is 57.0 Å². The zero-order chi connectivity index (χ0) is 13.2. The van der Waals surface area contributed by atoms with Gasteiger partial charge in [0.05, 0.1) is 11.6 Å². The van der Waals surface area contributed by atoms with E-state index in [4.69, 9.17) is 9.68 Å². The van der Waals surface area contributed by atoms with E-state index in [1.54, 1.807) is 0 Å². The van der Waals surface area contributed by atoms with Crippen LogP contribution >= 0.6 is 11.8 Å². The molecule has 0 N–H and O–H groups in total. The van der Waals surface area contributed by atoms with Gasteiger partial charge < -0.3 is 4.42 Å². The molecular weight excluding hydrogens is 256 g/mol. The molecule has 19 heavy (non-hydrogen) atoms. The van der Waals surface area contributed by atoms with E-state index in [1.165, 1.54) is 11.8 Å². The Morgan fingerprint density at radius 3 is 2.79 bits per heavy atom. The monoisotopic (exact) mass is 266 g/mol. The molecule has 3 aromatic rings. The zero-order valence-corrected chi connectivity index (χ0v) is 11.1. The third-order valence-corrected chi connectivity index (χ3v) is 3.64. The fraction of sp³-hybridized carbons (Fsp3) is 0.0667. The van der Waals surface area contributed by atoms with Crippen LogP contribution in [0.2, 0.25) is 0 Å². The Morgan fingerprint density at radius 2 is 2.05 bits per heavy atom. The van der Waals surface area contributed by atoms with Gasteiger partial charge in [0.15, 0.2) is 5.58 Å². The number of benzene rings is 2. The van der Waals surface area contributed by atoms with Crippen LogP contribution in [0.1, 0.15) is 11.1 Å². The van der Waals surface area contributed by atoms with Gasteiger partial charge in [-0.1, -0.05) is 12.1 Å². The van der Waals surface area contributed by atoms with Crippen LogP contribution < -0.4 is 0 Å². The van der Waals surface area contributed by atoms with Crippen LogP contribution in [-0.4, -0.2) is 4.98 Å². The normalized spacial score (nSPS) is 10.5. The molecule has 0 bridgehead atoms. The van der Waals surface area contributed by atoms with E-state index in [2.05, 4.69) is 11.1 Å². The summed E-state index contributed by atoms with van der Waals surface area (Å²) in [5.74, 6) is 0. The lowest BCUT2D eigenvalue weighted by Crippen LogP contribution is -1.82. The van der Waals surface area contributed by atoms with Crippen molar-refractivity contribution in [1.82, 2.24) is 4.98 Å². The molecule has 0 spiro atoms. The quantitative estimate of drug-likeness (QED) is 0.698. The number of fused-ring (bicyclic) bond motifs is 1. The number of hydrogen-bond acceptors (Lipinski definition) is 4. The number of hydrogen-bond donors (Lipinski definition) is 0. The van der Waals surface area contributed by atoms with E-state index >= 15 is 0 Å². The number of aryl methyl sites for hydroxylation is 1. The average molecular weight is 266 g/mol. The lowest BCUT2D eigenvalue weighted by atomic mass is 10.1. The minimum absolute atomic E-state index is 0.616. The summed E-state index contributed by atoms with van der Waals surface area (Å²) in [6, 6.07) is 15.5. The summed E-state index contributed by atoms with van der Waals surface area (Å²) in [5, 5.41) is 9.52. The van der Waals surface area contributed by atoms with Gasteiger partial charge in [0.2, 0.25) is 0 Å². The van der Waals surface area contributed by atoms with Crippen LogP contribution in [0.4, 0.5) is 0 Å². The van der Waals surface area contributed by atoms with Crippen molar-refractivity contribution in [2.45, 2.75) is 17.0 Å². The molecule has 0 fully saturated rings. The molecule has 0 saturated heterocycles. The summed E-state index contributed by atoms with van der Waals surface area (Å²) in [5.41, 5.74) is 3.30. The molecule has 0 unspecified atom stereocenters. The first-order valence-electron chi connectivity index (χ1n) is 5.80. The lowest BCUT2D eigenvalue weighted by Gasteiger charge is -2.00. The van der Waals surface area contributed by atoms with Crippen molar-refractivity contribution in [2.75, 3.05) is 0 Å². The third-order valence-electron chi connectivity index (χ3n) is 2.80. The van der Waals surface area contributed by atoms with Crippen molar-refractivity contribution >= 4 is 22.9 Å². The largest absolute Gasteiger partial charge is 0.431 e. The first-order valence-corrected chi connectivity index (χ1v) is 6.62. The number of nitriles is 1. The first kappa shape index (κ1) is 11.8. The molecule has 0 amide bonds. The SMILES string of the molecule is Cc1cc(Sc2nc3ccccc3o2)ccc1C#N. The summed E-state index contributed by atoms with van der Waals surface area (Å²) < 4.78 is 5.66. The second-order valence-electron chi connectivity index (χ2n) is 4.14. The van der Waals surface area contributed by atoms with Crippen molar-refractivity contribution in [3.05, 3.63) is 53.6 Å². The Morgan fingerprint density at radius 1 is 1.21 bits per heavy atom. The summed E-state index contributed by atoms with van der Waals surface area (Å²) in [6.07, 6.45) is 0. The highest BCUT2D eigenvalue weighted by Gasteiger charge is 2.08. The van der Waals surface area contributed by atoms with Crippen molar-refractivity contribution in [1.29, 1.82) is 5.26 Å². The van der Waals surface area contributed by atoms with Crippen molar-refractivity contribution in [3.63, 3.8) is 0 Å². The molecule has 0 aliphatic rings. The third kappa shape index (κ3) is 2.33. The second kappa shape index (κ2) is 4.79. The van der Waals surface area contributed by atoms with Gasteiger partial charge in [-0.15, -0.1) is 0 Å². The lowest BCUT2D eigenvalue weighted by molar-refractivity contribution is 0.489. The number of para-hydroxylation sites is 2. The van der Waals surface area contributed by atoms with Gasteiger partial charge in [0, 0.05) is 4.90 Å². The maximum Gasteiger partial charge on any atom is 0.261 e. The standard InChI is InChI=1S/C15H10N2OS/c1-10-8-12(7-6-11(10)9-16)19-15-17-13-4-2-3-5-14(13)18-15/h2-8H,1H3. The minimum atomic E-state index is 0.616. The van der Waals surface area contributed by atoms with Gasteiger partial charge in [0.25, 0.3) is 5.22 Å². The van der Waals surface area contributed by atoms with E-state index in [-0.39, 0.29) is 0 Å². The topological polar surface area (TPSA) is 49.8 Å². The van der Waals surface area contributed by atoms with Crippen LogP contribution in [0.5, 0.6) is 0 Å². The maximum absolute atomic E-state index is 8.91. The van der Waals surface area contributed by atoms with E-state index in [0.29, 0.717) is 10.8 Å². The van der Waals surface area contributed by atoms with Gasteiger partial charge in [-0.2, -0.15) is 5.26 Å². The highest BCUT2D eigenvalue weighted by Crippen LogP contribution is 2.30. The molecule has 4 heteroatoms. The van der Waals surface area contributed by atoms with Crippen molar-refractivity contribution in [3.8, 4) is 6.07 Å². The molecule has 92 valence electrons. The molecule has 0 saturated carbocycles. The Labute approximate surface area is 114 Å². The zero-order valence-electron chi connectivity index (χ0n) is 10.3. The molecule has 0 aliphatic heterocycles. The molecule has 0 aliphatic carbocycles. The van der Waals surface area contributed by atoms with Gasteiger partial charge in [-0.25, -0.2) is 4.98 Å². The highest BCUT2D eigenvalue weighted by molar-refractivity contribution is 7.99. The summed E-state index contributed by atoms with van der Waals surface area (Å²) >= 11 is 1.46. The first-order chi connectivity index (χ1) is 9.26. The summed E-state index contributed by atoms with van der Waals surface area (Å²) in [6.45, 7) is 1.93. The Hall–Kier alpha value is -2.25. The van der Waals surface area contributed by atoms with E-state index in [1.807, 2.05) is 49.4 Å². The number of rotatable bonds is 2. The van der Waals surface area contributed by atoms with Crippen LogP contribution in [0, 0.1) is 18.3 Å². The van der Waals surface area contributed by atoms with Crippen molar-refractivity contribution < 1.29 is 4.42 Å². The van der Waals surface area contributed by atoms with Gasteiger partial charge in [-0.05, 0) is 54.6 Å². The van der Waals surface area contributed by atoms with E-state index < -0.39 is 0 Å². The molecule has 2 aromatic carbocycles. The van der Waals surface area contributed by atoms with Gasteiger partial charge in [0.1, 0.15) is 5.52 Å². The maximum atomic E-state index is 8.91. The Kier molecular flexibility index (Phi) is 2.98. The molecule has 0 radical (unpaired) electrons. The van der Waals surface area contributed by atoms with E-state index in [0.717, 1.165) is 21.6 Å². The number of aromatic nitrogens is 1. The van der Waals surface area contributed by atoms with Crippen LogP contribution in [0.25, 0.3) is 11.1 Å². The van der Waals surface area contributed by atoms with Gasteiger partial charge >= 0.3 is 0 Å². The molecule has 3 nitrogen and oxygen atoms in total. The predicted octanol–water partition coefficient (Wildman–Crippen LogP) is 4.16. The van der Waals surface area contributed by atoms with Gasteiger partial charge in [-0.3, -0.25) is 0 Å². The predicted molar refractivity (Wildman–Crippen MR) is 74.0 cm³/mol. The van der Waals surface area contributed by atoms with E-state index in [9.17, 15) is 0 Å². The second-order valence-corrected chi connectivity index (χ2v) is 5.16. The molecule has 1 heterocycles. The molecular formula is C15H10N2OS. The average Bonchev–Trinajstić information content (AvgIpc) is 2.81. The van der Waals surface area contributed by atoms with Crippen LogP contribution in [0.3, 0.4) is 0 Å². The van der Waals surface area contributed by atoms with Crippen LogP contribution in [-0.2, 0) is 0 Å². The smallest absolute Gasteiger partial charge is 0.261 e. The number of oxazole rings is 1.